The molecule has 0 bridgehead atoms. The number of carbonyl (C=O) groups excluding carboxylic acids is 1. The van der Waals surface area contributed by atoms with Gasteiger partial charge in [-0.1, -0.05) is 24.6 Å². The van der Waals surface area contributed by atoms with Crippen LogP contribution in [0, 0.1) is 6.92 Å². The van der Waals surface area contributed by atoms with Gasteiger partial charge in [-0.2, -0.15) is 0 Å². The number of hydrogen-bond acceptors (Lipinski definition) is 4. The van der Waals surface area contributed by atoms with Gasteiger partial charge in [-0.15, -0.1) is 10.2 Å². The van der Waals surface area contributed by atoms with Crippen LogP contribution in [0.2, 0.25) is 0 Å². The number of azo groups is 1. The lowest BCUT2D eigenvalue weighted by atomic mass is 10.1. The SMILES string of the molecule is CCc1ccc(C(=O)N=Nc2c(O)[nH]c3ccc(C)cc23)nc1. The molecule has 2 heterocycles. The van der Waals surface area contributed by atoms with Crippen molar-refractivity contribution < 1.29 is 9.90 Å². The first-order valence-electron chi connectivity index (χ1n) is 7.30. The highest BCUT2D eigenvalue weighted by atomic mass is 16.3. The van der Waals surface area contributed by atoms with E-state index in [2.05, 4.69) is 20.2 Å². The molecule has 0 unspecified atom stereocenters. The van der Waals surface area contributed by atoms with Gasteiger partial charge in [-0.05, 0) is 37.1 Å². The number of nitrogens with zero attached hydrogens (tertiary/aromatic N) is 3. The maximum Gasteiger partial charge on any atom is 0.313 e. The summed E-state index contributed by atoms with van der Waals surface area (Å²) < 4.78 is 0. The summed E-state index contributed by atoms with van der Waals surface area (Å²) in [5.41, 5.74) is 3.28. The van der Waals surface area contributed by atoms with Gasteiger partial charge in [0.1, 0.15) is 5.69 Å². The van der Waals surface area contributed by atoms with Crippen LogP contribution in [0.25, 0.3) is 10.9 Å². The van der Waals surface area contributed by atoms with E-state index in [0.717, 1.165) is 23.1 Å². The Bertz CT molecular complexity index is 895. The Hall–Kier alpha value is -3.02. The van der Waals surface area contributed by atoms with Crippen LogP contribution in [-0.2, 0) is 6.42 Å². The monoisotopic (exact) mass is 308 g/mol. The van der Waals surface area contributed by atoms with Crippen molar-refractivity contribution in [1.82, 2.24) is 9.97 Å². The van der Waals surface area contributed by atoms with Crippen LogP contribution in [0.5, 0.6) is 5.88 Å². The summed E-state index contributed by atoms with van der Waals surface area (Å²) in [7, 11) is 0. The Labute approximate surface area is 132 Å². The fourth-order valence-electron chi connectivity index (χ4n) is 2.29. The van der Waals surface area contributed by atoms with Crippen LogP contribution in [0.1, 0.15) is 28.5 Å². The van der Waals surface area contributed by atoms with E-state index >= 15 is 0 Å². The summed E-state index contributed by atoms with van der Waals surface area (Å²) in [4.78, 5) is 18.9. The lowest BCUT2D eigenvalue weighted by Gasteiger charge is -1.97. The van der Waals surface area contributed by atoms with Crippen LogP contribution in [0.15, 0.2) is 46.8 Å². The Morgan fingerprint density at radius 3 is 2.83 bits per heavy atom. The zero-order chi connectivity index (χ0) is 16.4. The molecule has 3 aromatic rings. The molecule has 0 saturated carbocycles. The van der Waals surface area contributed by atoms with E-state index in [4.69, 9.17) is 0 Å². The van der Waals surface area contributed by atoms with Crippen molar-refractivity contribution in [3.8, 4) is 5.88 Å². The highest BCUT2D eigenvalue weighted by Gasteiger charge is 2.12. The molecule has 3 rings (SSSR count). The molecule has 0 saturated heterocycles. The lowest BCUT2D eigenvalue weighted by molar-refractivity contribution is 0.0990. The Balaban J connectivity index is 1.91. The molecular weight excluding hydrogens is 292 g/mol. The maximum absolute atomic E-state index is 12.0. The minimum absolute atomic E-state index is 0.114. The molecular formula is C17H16N4O2. The number of nitrogens with one attached hydrogen (secondary N) is 1. The van der Waals surface area contributed by atoms with Crippen molar-refractivity contribution in [2.75, 3.05) is 0 Å². The van der Waals surface area contributed by atoms with Crippen LogP contribution in [-0.4, -0.2) is 21.0 Å². The van der Waals surface area contributed by atoms with Gasteiger partial charge in [-0.25, -0.2) is 0 Å². The quantitative estimate of drug-likeness (QED) is 0.715. The first kappa shape index (κ1) is 14.9. The summed E-state index contributed by atoms with van der Waals surface area (Å²) in [6.07, 6.45) is 2.50. The van der Waals surface area contributed by atoms with Gasteiger partial charge in [-0.3, -0.25) is 9.78 Å². The predicted octanol–water partition coefficient (Wildman–Crippen LogP) is 4.06. The summed E-state index contributed by atoms with van der Waals surface area (Å²) in [5, 5.41) is 18.2. The van der Waals surface area contributed by atoms with E-state index in [1.807, 2.05) is 38.1 Å². The van der Waals surface area contributed by atoms with Crippen molar-refractivity contribution in [1.29, 1.82) is 0 Å². The van der Waals surface area contributed by atoms with Gasteiger partial charge in [0.05, 0.1) is 5.52 Å². The highest BCUT2D eigenvalue weighted by molar-refractivity contribution is 5.96. The molecule has 0 atom stereocenters. The summed E-state index contributed by atoms with van der Waals surface area (Å²) in [6.45, 7) is 3.95. The van der Waals surface area contributed by atoms with E-state index in [9.17, 15) is 9.90 Å². The molecule has 0 fully saturated rings. The van der Waals surface area contributed by atoms with E-state index in [-0.39, 0.29) is 17.3 Å². The number of aromatic hydroxyl groups is 1. The normalized spacial score (nSPS) is 11.4. The largest absolute Gasteiger partial charge is 0.493 e. The number of aromatic nitrogens is 2. The summed E-state index contributed by atoms with van der Waals surface area (Å²) >= 11 is 0. The first-order valence-corrected chi connectivity index (χ1v) is 7.30. The number of rotatable bonds is 3. The Morgan fingerprint density at radius 2 is 2.13 bits per heavy atom. The van der Waals surface area contributed by atoms with Gasteiger partial charge >= 0.3 is 5.91 Å². The fraction of sp³-hybridized carbons (Fsp3) is 0.176. The molecule has 6 nitrogen and oxygen atoms in total. The molecule has 0 aliphatic carbocycles. The lowest BCUT2D eigenvalue weighted by Crippen LogP contribution is -1.98. The summed E-state index contributed by atoms with van der Waals surface area (Å²) in [5.74, 6) is -0.662. The number of aryl methyl sites for hydroxylation is 2. The van der Waals surface area contributed by atoms with Gasteiger partial charge in [0.2, 0.25) is 5.88 Å². The van der Waals surface area contributed by atoms with E-state index in [1.165, 1.54) is 0 Å². The molecule has 0 spiro atoms. The minimum atomic E-state index is -0.547. The molecule has 116 valence electrons. The number of hydrogen-bond donors (Lipinski definition) is 2. The molecule has 1 amide bonds. The third-order valence-corrected chi connectivity index (χ3v) is 3.60. The fourth-order valence-corrected chi connectivity index (χ4v) is 2.29. The number of H-pyrrole nitrogens is 1. The minimum Gasteiger partial charge on any atom is -0.493 e. The zero-order valence-corrected chi connectivity index (χ0v) is 12.9. The first-order chi connectivity index (χ1) is 11.1. The van der Waals surface area contributed by atoms with E-state index in [0.29, 0.717) is 5.39 Å². The molecule has 0 aliphatic rings. The van der Waals surface area contributed by atoms with Gasteiger partial charge in [0, 0.05) is 11.6 Å². The molecule has 6 heteroatoms. The third-order valence-electron chi connectivity index (χ3n) is 3.60. The third kappa shape index (κ3) is 2.96. The number of pyridine rings is 1. The van der Waals surface area contributed by atoms with Crippen LogP contribution < -0.4 is 0 Å². The van der Waals surface area contributed by atoms with Crippen LogP contribution in [0.4, 0.5) is 5.69 Å². The van der Waals surface area contributed by atoms with Crippen molar-refractivity contribution >= 4 is 22.5 Å². The van der Waals surface area contributed by atoms with Gasteiger partial charge in [0.15, 0.2) is 5.69 Å². The maximum atomic E-state index is 12.0. The van der Waals surface area contributed by atoms with Crippen molar-refractivity contribution in [3.05, 3.63) is 53.3 Å². The second-order valence-corrected chi connectivity index (χ2v) is 5.28. The molecule has 2 aromatic heterocycles. The molecule has 0 aliphatic heterocycles. The van der Waals surface area contributed by atoms with Gasteiger partial charge < -0.3 is 10.1 Å². The van der Waals surface area contributed by atoms with E-state index in [1.54, 1.807) is 12.3 Å². The van der Waals surface area contributed by atoms with Crippen molar-refractivity contribution in [3.63, 3.8) is 0 Å². The Kier molecular flexibility index (Phi) is 3.89. The second-order valence-electron chi connectivity index (χ2n) is 5.28. The second kappa shape index (κ2) is 6.00. The van der Waals surface area contributed by atoms with Crippen LogP contribution in [0.3, 0.4) is 0 Å². The topological polar surface area (TPSA) is 90.7 Å². The molecule has 23 heavy (non-hydrogen) atoms. The average Bonchev–Trinajstić information content (AvgIpc) is 2.87. The number of aromatic amines is 1. The standard InChI is InChI=1S/C17H16N4O2/c1-3-11-5-7-14(18-9-11)16(22)21-20-15-12-8-10(2)4-6-13(12)19-17(15)23/h4-9,19,23H,3H2,1-2H3. The smallest absolute Gasteiger partial charge is 0.313 e. The number of benzene rings is 1. The van der Waals surface area contributed by atoms with Crippen LogP contribution >= 0.6 is 0 Å². The summed E-state index contributed by atoms with van der Waals surface area (Å²) in [6, 6.07) is 9.10. The van der Waals surface area contributed by atoms with E-state index < -0.39 is 5.91 Å². The van der Waals surface area contributed by atoms with Gasteiger partial charge in [0.25, 0.3) is 0 Å². The highest BCUT2D eigenvalue weighted by Crippen LogP contribution is 2.35. The Morgan fingerprint density at radius 1 is 1.30 bits per heavy atom. The zero-order valence-electron chi connectivity index (χ0n) is 12.9. The average molecular weight is 308 g/mol. The molecule has 2 N–H and O–H groups in total. The van der Waals surface area contributed by atoms with Crippen molar-refractivity contribution in [2.45, 2.75) is 20.3 Å². The van der Waals surface area contributed by atoms with Crippen molar-refractivity contribution in [2.24, 2.45) is 10.2 Å². The number of carbonyl (C=O) groups is 1. The number of amides is 1. The molecule has 0 radical (unpaired) electrons. The molecule has 1 aromatic carbocycles. The predicted molar refractivity (Wildman–Crippen MR) is 87.2 cm³/mol. The number of fused-ring (bicyclic) bond motifs is 1.